The van der Waals surface area contributed by atoms with Gasteiger partial charge in [0.15, 0.2) is 0 Å². The molecule has 0 N–H and O–H groups in total. The van der Waals surface area contributed by atoms with Gasteiger partial charge < -0.3 is 0 Å². The van der Waals surface area contributed by atoms with Crippen molar-refractivity contribution >= 4 is 76.8 Å². The molecule has 0 fully saturated rings. The molecular weight excluding hydrogens is 375 g/mol. The van der Waals surface area contributed by atoms with Crippen LogP contribution < -0.4 is 0 Å². The molecule has 0 unspecified atom stereocenters. The zero-order chi connectivity index (χ0) is 15.3. The van der Waals surface area contributed by atoms with Gasteiger partial charge in [0.1, 0.15) is 10.8 Å². The summed E-state index contributed by atoms with van der Waals surface area (Å²) in [6, 6.07) is 15.4. The van der Waals surface area contributed by atoms with Gasteiger partial charge in [0.05, 0.1) is 8.42 Å². The Morgan fingerprint density at radius 1 is 0.727 bits per heavy atom. The van der Waals surface area contributed by atoms with E-state index in [9.17, 15) is 4.21 Å². The van der Waals surface area contributed by atoms with E-state index in [2.05, 4.69) is 0 Å². The molecule has 0 spiro atoms. The van der Waals surface area contributed by atoms with Crippen LogP contribution in [-0.4, -0.2) is 4.21 Å². The molecule has 0 saturated heterocycles. The first-order valence-corrected chi connectivity index (χ1v) is 9.94. The second kappa shape index (κ2) is 5.62. The highest BCUT2D eigenvalue weighted by atomic mass is 35.5. The predicted octanol–water partition coefficient (Wildman–Crippen LogP) is 6.59. The number of rotatable bonds is 2. The quantitative estimate of drug-likeness (QED) is 0.382. The summed E-state index contributed by atoms with van der Waals surface area (Å²) in [6.07, 6.45) is 0. The molecule has 2 heterocycles. The number of thiophene rings is 2. The summed E-state index contributed by atoms with van der Waals surface area (Å²) >= 11 is 15.1. The minimum Gasteiger partial charge on any atom is -0.247 e. The summed E-state index contributed by atoms with van der Waals surface area (Å²) in [7, 11) is -1.17. The van der Waals surface area contributed by atoms with Crippen LogP contribution in [0.25, 0.3) is 20.2 Å². The summed E-state index contributed by atoms with van der Waals surface area (Å²) in [5, 5.41) is 3.45. The largest absolute Gasteiger partial charge is 0.247 e. The molecule has 4 aromatic rings. The second-order valence-electron chi connectivity index (χ2n) is 4.76. The molecule has 1 nitrogen and oxygen atoms in total. The highest BCUT2D eigenvalue weighted by Gasteiger charge is 2.14. The molecule has 0 saturated carbocycles. The van der Waals surface area contributed by atoms with E-state index >= 15 is 0 Å². The van der Waals surface area contributed by atoms with Crippen LogP contribution in [0, 0.1) is 0 Å². The van der Waals surface area contributed by atoms with Crippen molar-refractivity contribution in [3.63, 3.8) is 0 Å². The van der Waals surface area contributed by atoms with Crippen molar-refractivity contribution in [2.75, 3.05) is 0 Å². The summed E-state index contributed by atoms with van der Waals surface area (Å²) < 4.78 is 16.7. The Morgan fingerprint density at radius 2 is 1.18 bits per heavy atom. The Labute approximate surface area is 147 Å². The van der Waals surface area contributed by atoms with E-state index in [4.69, 9.17) is 23.2 Å². The fourth-order valence-electron chi connectivity index (χ4n) is 2.26. The molecule has 22 heavy (non-hydrogen) atoms. The maximum atomic E-state index is 12.8. The van der Waals surface area contributed by atoms with Gasteiger partial charge in [-0.1, -0.05) is 23.2 Å². The molecule has 6 heteroatoms. The van der Waals surface area contributed by atoms with E-state index in [0.717, 1.165) is 28.6 Å². The molecule has 0 amide bonds. The van der Waals surface area contributed by atoms with E-state index in [1.807, 2.05) is 48.5 Å². The molecule has 110 valence electrons. The summed E-state index contributed by atoms with van der Waals surface area (Å²) in [5.74, 6) is 0. The van der Waals surface area contributed by atoms with Crippen LogP contribution >= 0.6 is 45.9 Å². The third-order valence-electron chi connectivity index (χ3n) is 3.28. The Hall–Kier alpha value is -0.910. The van der Waals surface area contributed by atoms with E-state index in [-0.39, 0.29) is 0 Å². The van der Waals surface area contributed by atoms with Gasteiger partial charge in [-0.05, 0) is 59.3 Å². The van der Waals surface area contributed by atoms with Gasteiger partial charge in [-0.25, -0.2) is 4.21 Å². The first-order valence-electron chi connectivity index (χ1n) is 6.40. The van der Waals surface area contributed by atoms with Crippen molar-refractivity contribution < 1.29 is 4.21 Å². The van der Waals surface area contributed by atoms with Gasteiger partial charge in [-0.2, -0.15) is 0 Å². The van der Waals surface area contributed by atoms with Crippen LogP contribution in [0.4, 0.5) is 0 Å². The normalized spacial score (nSPS) is 11.8. The second-order valence-corrected chi connectivity index (χ2v) is 9.74. The van der Waals surface area contributed by atoms with Crippen molar-refractivity contribution in [3.8, 4) is 0 Å². The first-order chi connectivity index (χ1) is 10.6. The average Bonchev–Trinajstić information content (AvgIpc) is 3.08. The molecule has 2 aromatic heterocycles. The number of hydrogen-bond donors (Lipinski definition) is 0. The maximum Gasteiger partial charge on any atom is 0.105 e. The Balaban J connectivity index is 1.80. The van der Waals surface area contributed by atoms with Crippen LogP contribution in [0.2, 0.25) is 10.0 Å². The minimum atomic E-state index is -1.17. The van der Waals surface area contributed by atoms with Crippen LogP contribution in [0.5, 0.6) is 0 Å². The fraction of sp³-hybridized carbons (Fsp3) is 0. The topological polar surface area (TPSA) is 17.1 Å². The minimum absolute atomic E-state index is 0.694. The Morgan fingerprint density at radius 3 is 1.64 bits per heavy atom. The monoisotopic (exact) mass is 382 g/mol. The average molecular weight is 383 g/mol. The van der Waals surface area contributed by atoms with E-state index in [1.165, 1.54) is 0 Å². The molecule has 0 radical (unpaired) electrons. The summed E-state index contributed by atoms with van der Waals surface area (Å²) in [5.41, 5.74) is 0. The Kier molecular flexibility index (Phi) is 3.75. The molecule has 0 atom stereocenters. The van der Waals surface area contributed by atoms with Crippen LogP contribution in [-0.2, 0) is 10.8 Å². The lowest BCUT2D eigenvalue weighted by Gasteiger charge is -1.92. The van der Waals surface area contributed by atoms with Gasteiger partial charge in [-0.3, -0.25) is 0 Å². The van der Waals surface area contributed by atoms with Crippen molar-refractivity contribution in [1.29, 1.82) is 0 Å². The molecule has 0 aliphatic heterocycles. The summed E-state index contributed by atoms with van der Waals surface area (Å²) in [6.45, 7) is 0. The van der Waals surface area contributed by atoms with Gasteiger partial charge in [0, 0.05) is 19.4 Å². The van der Waals surface area contributed by atoms with Crippen molar-refractivity contribution in [1.82, 2.24) is 0 Å². The molecule has 0 bridgehead atoms. The summed E-state index contributed by atoms with van der Waals surface area (Å²) in [4.78, 5) is 0. The molecule has 0 aliphatic carbocycles. The smallest absolute Gasteiger partial charge is 0.105 e. The van der Waals surface area contributed by atoms with Crippen molar-refractivity contribution in [2.24, 2.45) is 0 Å². The van der Waals surface area contributed by atoms with E-state index < -0.39 is 10.8 Å². The highest BCUT2D eigenvalue weighted by Crippen LogP contribution is 2.36. The number of hydrogen-bond acceptors (Lipinski definition) is 3. The molecule has 2 aromatic carbocycles. The fourth-order valence-corrected chi connectivity index (χ4v) is 6.68. The number of fused-ring (bicyclic) bond motifs is 2. The third kappa shape index (κ3) is 2.59. The van der Waals surface area contributed by atoms with Gasteiger partial charge >= 0.3 is 0 Å². The van der Waals surface area contributed by atoms with Crippen LogP contribution in [0.3, 0.4) is 0 Å². The molecule has 0 aliphatic rings. The van der Waals surface area contributed by atoms with Gasteiger partial charge in [0.2, 0.25) is 0 Å². The lowest BCUT2D eigenvalue weighted by atomic mass is 10.3. The Bertz CT molecular complexity index is 950. The van der Waals surface area contributed by atoms with Gasteiger partial charge in [-0.15, -0.1) is 22.7 Å². The molecular formula is C16H8Cl2OS3. The van der Waals surface area contributed by atoms with Crippen molar-refractivity contribution in [2.45, 2.75) is 8.42 Å². The zero-order valence-corrected chi connectivity index (χ0v) is 15.0. The standard InChI is InChI=1S/C16H8Cl2OS3/c17-11-1-3-13-9(5-11)7-15(20-13)22(19)16-8-10-6-12(18)2-4-14(10)21-16/h1-8H. The van der Waals surface area contributed by atoms with E-state index in [1.54, 1.807) is 22.7 Å². The zero-order valence-electron chi connectivity index (χ0n) is 11.0. The van der Waals surface area contributed by atoms with E-state index in [0.29, 0.717) is 10.0 Å². The SMILES string of the molecule is O=S(c1cc2cc(Cl)ccc2s1)c1cc2cc(Cl)ccc2s1. The van der Waals surface area contributed by atoms with Crippen LogP contribution in [0.1, 0.15) is 0 Å². The lowest BCUT2D eigenvalue weighted by Crippen LogP contribution is -1.83. The number of halogens is 2. The van der Waals surface area contributed by atoms with Gasteiger partial charge in [0.25, 0.3) is 0 Å². The lowest BCUT2D eigenvalue weighted by molar-refractivity contribution is 0.686. The van der Waals surface area contributed by atoms with Crippen LogP contribution in [0.15, 0.2) is 56.9 Å². The third-order valence-corrected chi connectivity index (χ3v) is 7.94. The van der Waals surface area contributed by atoms with Crippen molar-refractivity contribution in [3.05, 3.63) is 58.6 Å². The maximum absolute atomic E-state index is 12.8. The number of benzene rings is 2. The molecule has 4 rings (SSSR count). The highest BCUT2D eigenvalue weighted by molar-refractivity contribution is 7.89. The first kappa shape index (κ1) is 14.7. The predicted molar refractivity (Wildman–Crippen MR) is 98.3 cm³/mol.